The fourth-order valence-electron chi connectivity index (χ4n) is 1.39. The molecule has 1 aromatic heterocycles. The molecule has 1 aromatic rings. The van der Waals surface area contributed by atoms with Crippen LogP contribution in [-0.2, 0) is 11.3 Å². The molecule has 0 radical (unpaired) electrons. The Kier molecular flexibility index (Phi) is 6.00. The zero-order chi connectivity index (χ0) is 12.7. The van der Waals surface area contributed by atoms with E-state index < -0.39 is 0 Å². The molecule has 1 N–H and O–H groups in total. The van der Waals surface area contributed by atoms with Gasteiger partial charge in [-0.2, -0.15) is 5.10 Å². The minimum absolute atomic E-state index is 0.0513. The summed E-state index contributed by atoms with van der Waals surface area (Å²) in [6.07, 6.45) is 4.67. The van der Waals surface area contributed by atoms with Gasteiger partial charge in [-0.3, -0.25) is 9.48 Å². The lowest BCUT2D eigenvalue weighted by atomic mass is 10.3. The van der Waals surface area contributed by atoms with Crippen LogP contribution in [0.2, 0.25) is 5.02 Å². The number of amides is 1. The standard InChI is InChI=1S/C11H19ClN4O/c1-15(2)6-3-5-13-11(17)4-7-16-9-10(12)8-14-16/h8-9H,3-7H2,1-2H3,(H,13,17). The Bertz CT molecular complexity index is 351. The van der Waals surface area contributed by atoms with Gasteiger partial charge in [0.05, 0.1) is 11.2 Å². The van der Waals surface area contributed by atoms with E-state index in [1.165, 1.54) is 0 Å². The number of nitrogens with zero attached hydrogens (tertiary/aromatic N) is 3. The van der Waals surface area contributed by atoms with Gasteiger partial charge < -0.3 is 10.2 Å². The summed E-state index contributed by atoms with van der Waals surface area (Å²) in [7, 11) is 4.03. The van der Waals surface area contributed by atoms with E-state index in [1.807, 2.05) is 14.1 Å². The van der Waals surface area contributed by atoms with E-state index in [4.69, 9.17) is 11.6 Å². The SMILES string of the molecule is CN(C)CCCNC(=O)CCn1cc(Cl)cn1. The van der Waals surface area contributed by atoms with Crippen LogP contribution >= 0.6 is 11.6 Å². The van der Waals surface area contributed by atoms with E-state index in [2.05, 4.69) is 15.3 Å². The maximum Gasteiger partial charge on any atom is 0.221 e. The number of aryl methyl sites for hydroxylation is 1. The Hall–Kier alpha value is -1.07. The molecule has 5 nitrogen and oxygen atoms in total. The van der Waals surface area contributed by atoms with Crippen molar-refractivity contribution in [2.75, 3.05) is 27.2 Å². The van der Waals surface area contributed by atoms with Crippen LogP contribution in [-0.4, -0.2) is 47.8 Å². The molecule has 0 saturated carbocycles. The number of halogens is 1. The highest BCUT2D eigenvalue weighted by atomic mass is 35.5. The highest BCUT2D eigenvalue weighted by molar-refractivity contribution is 6.30. The van der Waals surface area contributed by atoms with Crippen molar-refractivity contribution < 1.29 is 4.79 Å². The zero-order valence-electron chi connectivity index (χ0n) is 10.3. The van der Waals surface area contributed by atoms with Crippen molar-refractivity contribution in [3.63, 3.8) is 0 Å². The van der Waals surface area contributed by atoms with E-state index >= 15 is 0 Å². The van der Waals surface area contributed by atoms with Crippen LogP contribution in [0.25, 0.3) is 0 Å². The Morgan fingerprint density at radius 1 is 1.59 bits per heavy atom. The molecule has 1 amide bonds. The lowest BCUT2D eigenvalue weighted by Gasteiger charge is -2.09. The van der Waals surface area contributed by atoms with Gasteiger partial charge in [-0.15, -0.1) is 0 Å². The summed E-state index contributed by atoms with van der Waals surface area (Å²) in [6.45, 7) is 2.26. The van der Waals surface area contributed by atoms with Crippen molar-refractivity contribution in [1.82, 2.24) is 20.0 Å². The molecule has 0 atom stereocenters. The first-order valence-corrected chi connectivity index (χ1v) is 6.05. The third kappa shape index (κ3) is 6.28. The summed E-state index contributed by atoms with van der Waals surface area (Å²) in [4.78, 5) is 13.6. The number of aromatic nitrogens is 2. The molecule has 0 aliphatic carbocycles. The minimum Gasteiger partial charge on any atom is -0.356 e. The van der Waals surface area contributed by atoms with E-state index in [-0.39, 0.29) is 5.91 Å². The Morgan fingerprint density at radius 2 is 2.35 bits per heavy atom. The normalized spacial score (nSPS) is 10.8. The van der Waals surface area contributed by atoms with E-state index in [9.17, 15) is 4.79 Å². The zero-order valence-corrected chi connectivity index (χ0v) is 11.1. The molecular formula is C11H19ClN4O. The van der Waals surface area contributed by atoms with Crippen molar-refractivity contribution in [3.8, 4) is 0 Å². The third-order valence-electron chi connectivity index (χ3n) is 2.27. The van der Waals surface area contributed by atoms with Crippen molar-refractivity contribution in [1.29, 1.82) is 0 Å². The van der Waals surface area contributed by atoms with Gasteiger partial charge in [0.1, 0.15) is 0 Å². The number of carbonyl (C=O) groups excluding carboxylic acids is 1. The fourth-order valence-corrected chi connectivity index (χ4v) is 1.54. The minimum atomic E-state index is 0.0513. The smallest absolute Gasteiger partial charge is 0.221 e. The average Bonchev–Trinajstić information content (AvgIpc) is 2.67. The van der Waals surface area contributed by atoms with Gasteiger partial charge in [-0.1, -0.05) is 11.6 Å². The van der Waals surface area contributed by atoms with E-state index in [0.29, 0.717) is 18.0 Å². The summed E-state index contributed by atoms with van der Waals surface area (Å²) in [5.74, 6) is 0.0513. The van der Waals surface area contributed by atoms with E-state index in [1.54, 1.807) is 17.1 Å². The van der Waals surface area contributed by atoms with Crippen LogP contribution in [0.15, 0.2) is 12.4 Å². The molecule has 0 aromatic carbocycles. The van der Waals surface area contributed by atoms with Gasteiger partial charge in [-0.05, 0) is 27.1 Å². The Balaban J connectivity index is 2.09. The van der Waals surface area contributed by atoms with Gasteiger partial charge in [0.25, 0.3) is 0 Å². The van der Waals surface area contributed by atoms with Crippen LogP contribution in [0.5, 0.6) is 0 Å². The highest BCUT2D eigenvalue weighted by Gasteiger charge is 2.02. The number of nitrogens with one attached hydrogen (secondary N) is 1. The molecule has 0 fully saturated rings. The maximum atomic E-state index is 11.5. The van der Waals surface area contributed by atoms with Crippen LogP contribution in [0.3, 0.4) is 0 Å². The Labute approximate surface area is 107 Å². The summed E-state index contributed by atoms with van der Waals surface area (Å²) in [5, 5.41) is 7.47. The summed E-state index contributed by atoms with van der Waals surface area (Å²) < 4.78 is 1.67. The quantitative estimate of drug-likeness (QED) is 0.743. The molecule has 0 aliphatic rings. The molecule has 96 valence electrons. The van der Waals surface area contributed by atoms with Crippen molar-refractivity contribution in [3.05, 3.63) is 17.4 Å². The summed E-state index contributed by atoms with van der Waals surface area (Å²) >= 11 is 5.72. The number of rotatable bonds is 7. The van der Waals surface area contributed by atoms with Crippen LogP contribution in [0.1, 0.15) is 12.8 Å². The van der Waals surface area contributed by atoms with Gasteiger partial charge in [-0.25, -0.2) is 0 Å². The van der Waals surface area contributed by atoms with Crippen molar-refractivity contribution in [2.24, 2.45) is 0 Å². The maximum absolute atomic E-state index is 11.5. The molecule has 1 rings (SSSR count). The molecule has 0 aliphatic heterocycles. The lowest BCUT2D eigenvalue weighted by molar-refractivity contribution is -0.121. The number of carbonyl (C=O) groups is 1. The van der Waals surface area contributed by atoms with E-state index in [0.717, 1.165) is 19.5 Å². The second kappa shape index (κ2) is 7.29. The fraction of sp³-hybridized carbons (Fsp3) is 0.636. The van der Waals surface area contributed by atoms with Crippen LogP contribution in [0.4, 0.5) is 0 Å². The first-order chi connectivity index (χ1) is 8.08. The van der Waals surface area contributed by atoms with Crippen LogP contribution < -0.4 is 5.32 Å². The van der Waals surface area contributed by atoms with Gasteiger partial charge in [0.2, 0.25) is 5.91 Å². The lowest BCUT2D eigenvalue weighted by Crippen LogP contribution is -2.27. The highest BCUT2D eigenvalue weighted by Crippen LogP contribution is 2.04. The van der Waals surface area contributed by atoms with Gasteiger partial charge in [0.15, 0.2) is 0 Å². The summed E-state index contributed by atoms with van der Waals surface area (Å²) in [6, 6.07) is 0. The molecule has 1 heterocycles. The first-order valence-electron chi connectivity index (χ1n) is 5.67. The third-order valence-corrected chi connectivity index (χ3v) is 2.47. The second-order valence-corrected chi connectivity index (χ2v) is 4.61. The van der Waals surface area contributed by atoms with Crippen molar-refractivity contribution in [2.45, 2.75) is 19.4 Å². The summed E-state index contributed by atoms with van der Waals surface area (Å²) in [5.41, 5.74) is 0. The molecule has 0 spiro atoms. The van der Waals surface area contributed by atoms with Crippen LogP contribution in [0, 0.1) is 0 Å². The second-order valence-electron chi connectivity index (χ2n) is 4.18. The number of hydrogen-bond acceptors (Lipinski definition) is 3. The number of hydrogen-bond donors (Lipinski definition) is 1. The van der Waals surface area contributed by atoms with Gasteiger partial charge >= 0.3 is 0 Å². The topological polar surface area (TPSA) is 50.2 Å². The monoisotopic (exact) mass is 258 g/mol. The largest absolute Gasteiger partial charge is 0.356 e. The molecular weight excluding hydrogens is 240 g/mol. The predicted octanol–water partition coefficient (Wildman–Crippen LogP) is 0.994. The molecule has 6 heteroatoms. The molecule has 0 unspecified atom stereocenters. The Morgan fingerprint density at radius 3 is 2.94 bits per heavy atom. The molecule has 0 saturated heterocycles. The average molecular weight is 259 g/mol. The predicted molar refractivity (Wildman–Crippen MR) is 68.0 cm³/mol. The first kappa shape index (κ1) is 14.0. The molecule has 0 bridgehead atoms. The van der Waals surface area contributed by atoms with Crippen molar-refractivity contribution >= 4 is 17.5 Å². The molecule has 17 heavy (non-hydrogen) atoms. The van der Waals surface area contributed by atoms with Gasteiger partial charge in [0, 0.05) is 25.7 Å².